The Labute approximate surface area is 105 Å². The van der Waals surface area contributed by atoms with E-state index in [-0.39, 0.29) is 106 Å². The Morgan fingerprint density at radius 1 is 0.300 bits per heavy atom. The third kappa shape index (κ3) is 223. The largest absolute Gasteiger partial charge is 4.00 e. The van der Waals surface area contributed by atoms with E-state index in [1.165, 1.54) is 0 Å². The minimum Gasteiger partial charge on any atom is -3.00 e. The van der Waals surface area contributed by atoms with Crippen molar-refractivity contribution in [1.29, 1.82) is 0 Å². The van der Waals surface area contributed by atoms with Crippen LogP contribution in [-0.2, 0) is 65.2 Å². The van der Waals surface area contributed by atoms with Gasteiger partial charge in [0.15, 0.2) is 0 Å². The van der Waals surface area contributed by atoms with Crippen molar-refractivity contribution < 1.29 is 81.6 Å². The fourth-order valence-electron chi connectivity index (χ4n) is 0. The molecule has 0 atom stereocenters. The molecule has 0 fully saturated rings. The molecule has 0 aliphatic carbocycles. The van der Waals surface area contributed by atoms with E-state index in [0.717, 1.165) is 0 Å². The molecular weight excluding hydrogens is 248 g/mol. The van der Waals surface area contributed by atoms with Crippen molar-refractivity contribution in [3.8, 4) is 0 Å². The molecule has 56 valence electrons. The fraction of sp³-hybridized carbons (Fsp3) is 0. The summed E-state index contributed by atoms with van der Waals surface area (Å²) >= 11 is 0. The van der Waals surface area contributed by atoms with Gasteiger partial charge in [-0.15, -0.1) is 0 Å². The van der Waals surface area contributed by atoms with Gasteiger partial charge in [0.1, 0.15) is 0 Å². The van der Waals surface area contributed by atoms with Gasteiger partial charge in [-0.3, -0.25) is 0 Å². The van der Waals surface area contributed by atoms with Crippen molar-refractivity contribution in [3.63, 3.8) is 0 Å². The van der Waals surface area contributed by atoms with Crippen LogP contribution in [0.3, 0.4) is 0 Å². The van der Waals surface area contributed by atoms with Crippen LogP contribution in [-0.4, -0.2) is 16.4 Å². The third-order valence-corrected chi connectivity index (χ3v) is 0. The SMILES string of the molecule is O.O.O.[N-3].[N-3].[N-3].[N-3].[Ti+4].[Ti+4].[Ti+4]. The molecule has 0 heterocycles. The predicted octanol–water partition coefficient (Wildman–Crippen LogP) is -1.33. The van der Waals surface area contributed by atoms with Gasteiger partial charge in [-0.05, 0) is 0 Å². The van der Waals surface area contributed by atoms with Crippen LogP contribution < -0.4 is 0 Å². The zero-order valence-electron chi connectivity index (χ0n) is 4.79. The first-order valence-electron chi connectivity index (χ1n) is 0. The van der Waals surface area contributed by atoms with Crippen LogP contribution in [0.15, 0.2) is 0 Å². The van der Waals surface area contributed by atoms with E-state index < -0.39 is 0 Å². The first-order valence-corrected chi connectivity index (χ1v) is 0. The summed E-state index contributed by atoms with van der Waals surface area (Å²) in [5.74, 6) is 0. The van der Waals surface area contributed by atoms with E-state index >= 15 is 0 Å². The van der Waals surface area contributed by atoms with Crippen molar-refractivity contribution >= 4 is 0 Å². The monoisotopic (exact) mass is 254 g/mol. The van der Waals surface area contributed by atoms with Crippen LogP contribution in [0.25, 0.3) is 24.6 Å². The fourth-order valence-corrected chi connectivity index (χ4v) is 0. The van der Waals surface area contributed by atoms with Crippen molar-refractivity contribution in [3.05, 3.63) is 24.6 Å². The molecule has 6 N–H and O–H groups in total. The van der Waals surface area contributed by atoms with Crippen LogP contribution in [0, 0.1) is 0 Å². The van der Waals surface area contributed by atoms with Gasteiger partial charge in [0.05, 0.1) is 0 Å². The molecule has 0 rings (SSSR count). The molecular formula is H6N4O3Ti3. The Hall–Kier alpha value is 1.86. The predicted molar refractivity (Wildman–Crippen MR) is 24.3 cm³/mol. The van der Waals surface area contributed by atoms with Gasteiger partial charge in [-0.1, -0.05) is 0 Å². The smallest absolute Gasteiger partial charge is 3.00 e. The molecule has 0 amide bonds. The van der Waals surface area contributed by atoms with Crippen LogP contribution in [0.1, 0.15) is 0 Å². The van der Waals surface area contributed by atoms with Gasteiger partial charge in [0.2, 0.25) is 0 Å². The Kier molecular flexibility index (Phi) is 12300. The molecule has 0 saturated heterocycles. The molecule has 10 heavy (non-hydrogen) atoms. The Balaban J connectivity index is 0. The second-order valence-corrected chi connectivity index (χ2v) is 0. The molecule has 0 aromatic heterocycles. The second-order valence-electron chi connectivity index (χ2n) is 0. The Morgan fingerprint density at radius 3 is 0.300 bits per heavy atom. The topological polar surface area (TPSA) is 216 Å². The van der Waals surface area contributed by atoms with E-state index in [1.54, 1.807) is 0 Å². The third-order valence-electron chi connectivity index (χ3n) is 0. The summed E-state index contributed by atoms with van der Waals surface area (Å²) in [6, 6.07) is 0. The number of hydrogen-bond acceptors (Lipinski definition) is 0. The molecule has 0 aromatic rings. The van der Waals surface area contributed by atoms with Gasteiger partial charge in [-0.2, -0.15) is 0 Å². The van der Waals surface area contributed by atoms with Crippen molar-refractivity contribution in [2.24, 2.45) is 0 Å². The summed E-state index contributed by atoms with van der Waals surface area (Å²) in [5.41, 5.74) is 0. The Bertz CT molecular complexity index is 15.7. The summed E-state index contributed by atoms with van der Waals surface area (Å²) in [6.07, 6.45) is 0. The summed E-state index contributed by atoms with van der Waals surface area (Å²) in [4.78, 5) is 0. The molecule has 0 unspecified atom stereocenters. The van der Waals surface area contributed by atoms with E-state index in [9.17, 15) is 0 Å². The van der Waals surface area contributed by atoms with Crippen molar-refractivity contribution in [1.82, 2.24) is 0 Å². The van der Waals surface area contributed by atoms with Gasteiger partial charge < -0.3 is 41.0 Å². The first-order chi connectivity index (χ1) is 0. The van der Waals surface area contributed by atoms with E-state index in [0.29, 0.717) is 0 Å². The summed E-state index contributed by atoms with van der Waals surface area (Å²) < 4.78 is 0. The maximum absolute atomic E-state index is 0. The summed E-state index contributed by atoms with van der Waals surface area (Å²) in [5, 5.41) is 0. The number of hydrogen-bond donors (Lipinski definition) is 0. The molecule has 0 aliphatic heterocycles. The minimum absolute atomic E-state index is 0. The molecule has 0 bridgehead atoms. The van der Waals surface area contributed by atoms with E-state index in [1.807, 2.05) is 0 Å². The maximum atomic E-state index is 0. The van der Waals surface area contributed by atoms with Gasteiger partial charge in [0.25, 0.3) is 0 Å². The number of rotatable bonds is 0. The van der Waals surface area contributed by atoms with Gasteiger partial charge >= 0.3 is 65.2 Å². The second kappa shape index (κ2) is 305. The molecule has 7 nitrogen and oxygen atoms in total. The van der Waals surface area contributed by atoms with Crippen LogP contribution >= 0.6 is 0 Å². The molecule has 0 radical (unpaired) electrons. The van der Waals surface area contributed by atoms with Crippen molar-refractivity contribution in [2.45, 2.75) is 0 Å². The zero-order valence-corrected chi connectivity index (χ0v) is 9.47. The summed E-state index contributed by atoms with van der Waals surface area (Å²) in [7, 11) is 0. The molecule has 10 heteroatoms. The van der Waals surface area contributed by atoms with E-state index in [2.05, 4.69) is 0 Å². The first kappa shape index (κ1) is 403. The standard InChI is InChI=1S/4N.3H2O.3Ti/h;;;;3*1H2;;;/q4*-3;;;;3*+4. The van der Waals surface area contributed by atoms with Gasteiger partial charge in [-0.25, -0.2) is 0 Å². The van der Waals surface area contributed by atoms with Crippen LogP contribution in [0.4, 0.5) is 0 Å². The maximum Gasteiger partial charge on any atom is 4.00 e. The minimum atomic E-state index is 0. The normalized spacial score (nSPS) is 0. The zero-order chi connectivity index (χ0) is 0. The van der Waals surface area contributed by atoms with E-state index in [4.69, 9.17) is 0 Å². The van der Waals surface area contributed by atoms with Gasteiger partial charge in [0, 0.05) is 0 Å². The molecule has 0 spiro atoms. The summed E-state index contributed by atoms with van der Waals surface area (Å²) in [6.45, 7) is 0. The molecule has 0 aliphatic rings. The van der Waals surface area contributed by atoms with Crippen molar-refractivity contribution in [2.75, 3.05) is 0 Å². The molecule has 0 saturated carbocycles. The van der Waals surface area contributed by atoms with Crippen LogP contribution in [0.2, 0.25) is 0 Å². The van der Waals surface area contributed by atoms with Crippen LogP contribution in [0.5, 0.6) is 0 Å². The average Bonchev–Trinajstić information content (AvgIpc) is 0. The quantitative estimate of drug-likeness (QED) is 0.458. The number of nitrogens with zero attached hydrogens (tertiary/aromatic N) is 4. The molecule has 0 aromatic carbocycles. The average molecular weight is 254 g/mol. The Morgan fingerprint density at radius 2 is 0.300 bits per heavy atom.